The van der Waals surface area contributed by atoms with Gasteiger partial charge in [-0.05, 0) is 26.3 Å². The monoisotopic (exact) mass is 237 g/mol. The number of aromatic nitrogens is 2. The van der Waals surface area contributed by atoms with Gasteiger partial charge in [0, 0.05) is 11.5 Å². The van der Waals surface area contributed by atoms with E-state index in [0.29, 0.717) is 6.04 Å². The Labute approximate surface area is 103 Å². The highest BCUT2D eigenvalue weighted by molar-refractivity contribution is 4.96. The van der Waals surface area contributed by atoms with Crippen molar-refractivity contribution in [3.8, 4) is 0 Å². The summed E-state index contributed by atoms with van der Waals surface area (Å²) in [5.74, 6) is 1.49. The van der Waals surface area contributed by atoms with Gasteiger partial charge >= 0.3 is 0 Å². The third kappa shape index (κ3) is 3.06. The third-order valence-corrected chi connectivity index (χ3v) is 3.39. The molecule has 96 valence electrons. The van der Waals surface area contributed by atoms with E-state index >= 15 is 0 Å². The second kappa shape index (κ2) is 4.77. The van der Waals surface area contributed by atoms with Crippen molar-refractivity contribution in [1.29, 1.82) is 0 Å². The van der Waals surface area contributed by atoms with Gasteiger partial charge in [0.2, 0.25) is 11.8 Å². The van der Waals surface area contributed by atoms with Crippen LogP contribution in [0.4, 0.5) is 0 Å². The zero-order chi connectivity index (χ0) is 12.5. The molecule has 1 aliphatic rings. The highest BCUT2D eigenvalue weighted by atomic mass is 16.4. The van der Waals surface area contributed by atoms with Gasteiger partial charge < -0.3 is 4.42 Å². The average molecular weight is 237 g/mol. The first-order valence-corrected chi connectivity index (χ1v) is 6.54. The average Bonchev–Trinajstić information content (AvgIpc) is 2.69. The Morgan fingerprint density at radius 3 is 2.65 bits per heavy atom. The van der Waals surface area contributed by atoms with Gasteiger partial charge in [-0.1, -0.05) is 27.2 Å². The van der Waals surface area contributed by atoms with Gasteiger partial charge in [0.25, 0.3) is 0 Å². The molecule has 0 radical (unpaired) electrons. The molecule has 1 aromatic heterocycles. The minimum atomic E-state index is -0.0568. The van der Waals surface area contributed by atoms with Crippen LogP contribution < -0.4 is 0 Å². The normalized spacial score (nSPS) is 22.9. The highest BCUT2D eigenvalue weighted by Gasteiger charge is 2.24. The Morgan fingerprint density at radius 1 is 1.29 bits per heavy atom. The first-order valence-electron chi connectivity index (χ1n) is 6.54. The SMILES string of the molecule is CC1CCCCN1Cc1nnc(C(C)(C)C)o1. The van der Waals surface area contributed by atoms with Crippen molar-refractivity contribution in [3.63, 3.8) is 0 Å². The quantitative estimate of drug-likeness (QED) is 0.793. The molecule has 1 unspecified atom stereocenters. The molecule has 1 saturated heterocycles. The molecule has 4 nitrogen and oxygen atoms in total. The van der Waals surface area contributed by atoms with E-state index in [0.717, 1.165) is 24.9 Å². The summed E-state index contributed by atoms with van der Waals surface area (Å²) >= 11 is 0. The first kappa shape index (κ1) is 12.6. The van der Waals surface area contributed by atoms with Gasteiger partial charge in [-0.3, -0.25) is 4.90 Å². The summed E-state index contributed by atoms with van der Waals surface area (Å²) in [5, 5.41) is 8.29. The lowest BCUT2D eigenvalue weighted by molar-refractivity contribution is 0.137. The summed E-state index contributed by atoms with van der Waals surface area (Å²) in [7, 11) is 0. The summed E-state index contributed by atoms with van der Waals surface area (Å²) in [6, 6.07) is 0.633. The molecule has 0 aromatic carbocycles. The van der Waals surface area contributed by atoms with E-state index in [2.05, 4.69) is 42.8 Å². The van der Waals surface area contributed by atoms with Crippen molar-refractivity contribution in [1.82, 2.24) is 15.1 Å². The minimum absolute atomic E-state index is 0.0568. The van der Waals surface area contributed by atoms with E-state index in [1.807, 2.05) is 0 Å². The number of hydrogen-bond donors (Lipinski definition) is 0. The molecular weight excluding hydrogens is 214 g/mol. The lowest BCUT2D eigenvalue weighted by Gasteiger charge is -2.31. The molecule has 0 saturated carbocycles. The molecule has 1 atom stereocenters. The lowest BCUT2D eigenvalue weighted by Crippen LogP contribution is -2.36. The van der Waals surface area contributed by atoms with Crippen LogP contribution in [0.15, 0.2) is 4.42 Å². The topological polar surface area (TPSA) is 42.2 Å². The van der Waals surface area contributed by atoms with Crippen LogP contribution in [0.25, 0.3) is 0 Å². The van der Waals surface area contributed by atoms with Gasteiger partial charge in [0.05, 0.1) is 6.54 Å². The van der Waals surface area contributed by atoms with Gasteiger partial charge in [-0.15, -0.1) is 10.2 Å². The molecule has 2 rings (SSSR count). The second-order valence-electron chi connectivity index (χ2n) is 6.07. The molecule has 17 heavy (non-hydrogen) atoms. The van der Waals surface area contributed by atoms with Crippen LogP contribution in [0, 0.1) is 0 Å². The van der Waals surface area contributed by atoms with E-state index in [-0.39, 0.29) is 5.41 Å². The molecule has 0 amide bonds. The van der Waals surface area contributed by atoms with Crippen molar-refractivity contribution in [2.45, 2.75) is 65.0 Å². The molecule has 1 aliphatic heterocycles. The van der Waals surface area contributed by atoms with Gasteiger partial charge in [-0.25, -0.2) is 0 Å². The number of hydrogen-bond acceptors (Lipinski definition) is 4. The molecule has 0 bridgehead atoms. The molecule has 0 N–H and O–H groups in total. The number of likely N-dealkylation sites (tertiary alicyclic amines) is 1. The zero-order valence-electron chi connectivity index (χ0n) is 11.4. The highest BCUT2D eigenvalue weighted by Crippen LogP contribution is 2.22. The fourth-order valence-electron chi connectivity index (χ4n) is 2.19. The molecule has 0 spiro atoms. The molecular formula is C13H23N3O. The van der Waals surface area contributed by atoms with Gasteiger partial charge in [-0.2, -0.15) is 0 Å². The second-order valence-corrected chi connectivity index (χ2v) is 6.07. The third-order valence-electron chi connectivity index (χ3n) is 3.39. The maximum Gasteiger partial charge on any atom is 0.230 e. The summed E-state index contributed by atoms with van der Waals surface area (Å²) in [4.78, 5) is 2.43. The Hall–Kier alpha value is -0.900. The Morgan fingerprint density at radius 2 is 2.06 bits per heavy atom. The lowest BCUT2D eigenvalue weighted by atomic mass is 9.97. The smallest absolute Gasteiger partial charge is 0.230 e. The summed E-state index contributed by atoms with van der Waals surface area (Å²) < 4.78 is 5.74. The Balaban J connectivity index is 2.01. The summed E-state index contributed by atoms with van der Waals surface area (Å²) in [6.07, 6.45) is 3.90. The predicted octanol–water partition coefficient (Wildman–Crippen LogP) is 2.74. The number of rotatable bonds is 2. The fraction of sp³-hybridized carbons (Fsp3) is 0.846. The standard InChI is InChI=1S/C13H23N3O/c1-10-7-5-6-8-16(10)9-11-14-15-12(17-11)13(2,3)4/h10H,5-9H2,1-4H3. The van der Waals surface area contributed by atoms with Crippen LogP contribution in [0.2, 0.25) is 0 Å². The van der Waals surface area contributed by atoms with Crippen LogP contribution in [-0.2, 0) is 12.0 Å². The fourth-order valence-corrected chi connectivity index (χ4v) is 2.19. The summed E-state index contributed by atoms with van der Waals surface area (Å²) in [6.45, 7) is 10.5. The molecule has 4 heteroatoms. The number of piperidine rings is 1. The largest absolute Gasteiger partial charge is 0.423 e. The maximum absolute atomic E-state index is 5.74. The molecule has 1 aromatic rings. The van der Waals surface area contributed by atoms with E-state index in [1.54, 1.807) is 0 Å². The molecule has 0 aliphatic carbocycles. The van der Waals surface area contributed by atoms with E-state index in [4.69, 9.17) is 4.42 Å². The van der Waals surface area contributed by atoms with Crippen LogP contribution in [0.1, 0.15) is 58.7 Å². The maximum atomic E-state index is 5.74. The van der Waals surface area contributed by atoms with Crippen LogP contribution in [-0.4, -0.2) is 27.7 Å². The Bertz CT molecular complexity index is 367. The van der Waals surface area contributed by atoms with E-state index in [9.17, 15) is 0 Å². The predicted molar refractivity (Wildman–Crippen MR) is 66.7 cm³/mol. The number of nitrogens with zero attached hydrogens (tertiary/aromatic N) is 3. The molecule has 2 heterocycles. The molecule has 1 fully saturated rings. The van der Waals surface area contributed by atoms with Gasteiger partial charge in [0.1, 0.15) is 0 Å². The van der Waals surface area contributed by atoms with Crippen molar-refractivity contribution in [3.05, 3.63) is 11.8 Å². The first-order chi connectivity index (χ1) is 7.97. The van der Waals surface area contributed by atoms with Crippen molar-refractivity contribution in [2.75, 3.05) is 6.54 Å². The van der Waals surface area contributed by atoms with Gasteiger partial charge in [0.15, 0.2) is 0 Å². The van der Waals surface area contributed by atoms with E-state index in [1.165, 1.54) is 19.3 Å². The summed E-state index contributed by atoms with van der Waals surface area (Å²) in [5.41, 5.74) is -0.0568. The zero-order valence-corrected chi connectivity index (χ0v) is 11.4. The van der Waals surface area contributed by atoms with Crippen molar-refractivity contribution in [2.24, 2.45) is 0 Å². The van der Waals surface area contributed by atoms with Crippen LogP contribution >= 0.6 is 0 Å². The van der Waals surface area contributed by atoms with Crippen LogP contribution in [0.3, 0.4) is 0 Å². The van der Waals surface area contributed by atoms with E-state index < -0.39 is 0 Å². The Kier molecular flexibility index (Phi) is 3.52. The van der Waals surface area contributed by atoms with Crippen molar-refractivity contribution >= 4 is 0 Å². The minimum Gasteiger partial charge on any atom is -0.423 e. The van der Waals surface area contributed by atoms with Crippen LogP contribution in [0.5, 0.6) is 0 Å². The van der Waals surface area contributed by atoms with Crippen molar-refractivity contribution < 1.29 is 4.42 Å².